The van der Waals surface area contributed by atoms with Crippen molar-refractivity contribution < 1.29 is 23.9 Å². The molecular formula is C29H48Cl2N10O5. The molecule has 3 heterocycles. The van der Waals surface area contributed by atoms with Gasteiger partial charge < -0.3 is 36.2 Å². The molecule has 17 heteroatoms. The summed E-state index contributed by atoms with van der Waals surface area (Å²) in [4.78, 5) is 66.3. The maximum Gasteiger partial charge on any atom is 0.271 e. The Morgan fingerprint density at radius 1 is 1.13 bits per heavy atom. The summed E-state index contributed by atoms with van der Waals surface area (Å²) in [7, 11) is 0. The third kappa shape index (κ3) is 11.5. The molecule has 4 atom stereocenters. The summed E-state index contributed by atoms with van der Waals surface area (Å²) >= 11 is 0. The molecule has 3 aliphatic rings. The molecule has 0 bridgehead atoms. The molecule has 0 aromatic carbocycles. The average Bonchev–Trinajstić information content (AvgIpc) is 3.87. The van der Waals surface area contributed by atoms with E-state index in [1.807, 2.05) is 11.8 Å². The van der Waals surface area contributed by atoms with Crippen LogP contribution in [0, 0.1) is 11.3 Å². The predicted molar refractivity (Wildman–Crippen MR) is 176 cm³/mol. The van der Waals surface area contributed by atoms with E-state index in [0.717, 1.165) is 32.2 Å². The number of likely N-dealkylation sites (tertiary alicyclic amines) is 1. The van der Waals surface area contributed by atoms with Gasteiger partial charge in [0, 0.05) is 64.2 Å². The number of amides is 4. The number of carbonyl (C=O) groups excluding carboxylic acids is 4. The van der Waals surface area contributed by atoms with Gasteiger partial charge in [-0.2, -0.15) is 0 Å². The number of halogens is 2. The van der Waals surface area contributed by atoms with Crippen LogP contribution in [0.2, 0.25) is 0 Å². The molecule has 2 unspecified atom stereocenters. The number of morpholine rings is 1. The number of guanidine groups is 1. The van der Waals surface area contributed by atoms with Gasteiger partial charge in [-0.25, -0.2) is 4.98 Å². The van der Waals surface area contributed by atoms with Crippen molar-refractivity contribution in [2.24, 2.45) is 11.7 Å². The lowest BCUT2D eigenvalue weighted by Gasteiger charge is -2.36. The second-order valence-corrected chi connectivity index (χ2v) is 11.9. The van der Waals surface area contributed by atoms with Gasteiger partial charge in [-0.05, 0) is 45.4 Å². The Morgan fingerprint density at radius 2 is 1.89 bits per heavy atom. The Bertz CT molecular complexity index is 1180. The lowest BCUT2D eigenvalue weighted by atomic mass is 9.98. The molecule has 2 saturated heterocycles. The van der Waals surface area contributed by atoms with Gasteiger partial charge in [-0.15, -0.1) is 24.8 Å². The summed E-state index contributed by atoms with van der Waals surface area (Å²) in [5.74, 6) is -1.28. The molecule has 3 fully saturated rings. The van der Waals surface area contributed by atoms with Gasteiger partial charge in [0.05, 0.1) is 31.4 Å². The van der Waals surface area contributed by atoms with Gasteiger partial charge in [0.25, 0.3) is 5.91 Å². The number of nitrogens with one attached hydrogen (secondary N) is 4. The summed E-state index contributed by atoms with van der Waals surface area (Å²) in [5, 5.41) is 16.3. The minimum absolute atomic E-state index is 0. The highest BCUT2D eigenvalue weighted by atomic mass is 35.5. The Kier molecular flexibility index (Phi) is 15.9. The van der Waals surface area contributed by atoms with Gasteiger partial charge in [0.15, 0.2) is 5.96 Å². The average molecular weight is 688 g/mol. The Balaban J connectivity index is 0.00000368. The first kappa shape index (κ1) is 38.9. The number of nitrogens with zero attached hydrogens (tertiary/aromatic N) is 5. The first-order valence-corrected chi connectivity index (χ1v) is 15.5. The molecule has 6 N–H and O–H groups in total. The number of nitrogens with two attached hydrogens (primary N) is 1. The van der Waals surface area contributed by atoms with Crippen LogP contribution in [0.3, 0.4) is 0 Å². The molecule has 2 aliphatic heterocycles. The van der Waals surface area contributed by atoms with Crippen molar-refractivity contribution in [2.75, 3.05) is 52.4 Å². The van der Waals surface area contributed by atoms with Crippen LogP contribution in [0.15, 0.2) is 18.6 Å². The van der Waals surface area contributed by atoms with E-state index in [1.165, 1.54) is 18.6 Å². The zero-order valence-corrected chi connectivity index (χ0v) is 28.1. The number of rotatable bonds is 13. The monoisotopic (exact) mass is 686 g/mol. The summed E-state index contributed by atoms with van der Waals surface area (Å²) < 4.78 is 5.61. The molecule has 15 nitrogen and oxygen atoms in total. The molecule has 4 amide bonds. The van der Waals surface area contributed by atoms with Crippen LogP contribution in [0.1, 0.15) is 56.4 Å². The minimum atomic E-state index is -1.07. The summed E-state index contributed by atoms with van der Waals surface area (Å²) in [6.45, 7) is 7.54. The van der Waals surface area contributed by atoms with Crippen molar-refractivity contribution in [3.05, 3.63) is 24.3 Å². The fraction of sp³-hybridized carbons (Fsp3) is 0.690. The van der Waals surface area contributed by atoms with Gasteiger partial charge >= 0.3 is 0 Å². The van der Waals surface area contributed by atoms with Crippen LogP contribution < -0.4 is 21.7 Å². The zero-order chi connectivity index (χ0) is 31.6. The largest absolute Gasteiger partial charge is 0.376 e. The van der Waals surface area contributed by atoms with Crippen molar-refractivity contribution in [1.29, 1.82) is 5.41 Å². The van der Waals surface area contributed by atoms with Crippen LogP contribution in [-0.2, 0) is 19.1 Å². The van der Waals surface area contributed by atoms with Crippen molar-refractivity contribution >= 4 is 54.4 Å². The Hall–Kier alpha value is -3.27. The van der Waals surface area contributed by atoms with E-state index in [4.69, 9.17) is 15.9 Å². The van der Waals surface area contributed by atoms with Crippen LogP contribution in [-0.4, -0.2) is 131 Å². The topological polar surface area (TPSA) is 199 Å². The summed E-state index contributed by atoms with van der Waals surface area (Å²) in [6.07, 6.45) is 7.45. The van der Waals surface area contributed by atoms with Gasteiger partial charge in [-0.1, -0.05) is 0 Å². The highest BCUT2D eigenvalue weighted by Crippen LogP contribution is 2.27. The normalized spacial score (nSPS) is 21.0. The lowest BCUT2D eigenvalue weighted by molar-refractivity contribution is -0.140. The first-order valence-electron chi connectivity index (χ1n) is 15.5. The Morgan fingerprint density at radius 3 is 2.54 bits per heavy atom. The van der Waals surface area contributed by atoms with E-state index in [9.17, 15) is 19.2 Å². The van der Waals surface area contributed by atoms with Crippen molar-refractivity contribution in [3.63, 3.8) is 0 Å². The zero-order valence-electron chi connectivity index (χ0n) is 26.5. The number of hydrogen-bond acceptors (Lipinski definition) is 9. The molecule has 0 spiro atoms. The molecule has 0 radical (unpaired) electrons. The number of carbonyl (C=O) groups is 4. The van der Waals surface area contributed by atoms with Gasteiger partial charge in [0.2, 0.25) is 17.7 Å². The Labute approximate surface area is 282 Å². The SMILES string of the molecule is CC1CN(C(C)C(=O)N[C@@H](CC(=O)NC[C@@H]2CCCN(C(=N)N)C2)C(=O)N(CCNC(=O)c2cnccn2)C2CC2)CCO1.Cl.Cl. The molecule has 46 heavy (non-hydrogen) atoms. The van der Waals surface area contributed by atoms with Crippen LogP contribution in [0.4, 0.5) is 0 Å². The predicted octanol–water partition coefficient (Wildman–Crippen LogP) is -0.253. The second kappa shape index (κ2) is 18.8. The maximum atomic E-state index is 13.9. The number of aromatic nitrogens is 2. The summed E-state index contributed by atoms with van der Waals surface area (Å²) in [5.41, 5.74) is 5.83. The lowest BCUT2D eigenvalue weighted by Crippen LogP contribution is -2.57. The summed E-state index contributed by atoms with van der Waals surface area (Å²) in [6, 6.07) is -1.60. The van der Waals surface area contributed by atoms with Crippen LogP contribution in [0.5, 0.6) is 0 Å². The van der Waals surface area contributed by atoms with E-state index in [0.29, 0.717) is 32.8 Å². The van der Waals surface area contributed by atoms with Gasteiger partial charge in [0.1, 0.15) is 11.7 Å². The fourth-order valence-electron chi connectivity index (χ4n) is 5.68. The molecule has 4 rings (SSSR count). The van der Waals surface area contributed by atoms with E-state index in [-0.39, 0.29) is 91.8 Å². The van der Waals surface area contributed by atoms with Crippen LogP contribution >= 0.6 is 24.8 Å². The van der Waals surface area contributed by atoms with E-state index >= 15 is 0 Å². The minimum Gasteiger partial charge on any atom is -0.376 e. The molecule has 1 saturated carbocycles. The second-order valence-electron chi connectivity index (χ2n) is 11.9. The number of hydrogen-bond donors (Lipinski definition) is 5. The highest BCUT2D eigenvalue weighted by Gasteiger charge is 2.38. The molecule has 258 valence electrons. The van der Waals surface area contributed by atoms with Crippen molar-refractivity contribution in [2.45, 2.75) is 70.2 Å². The third-order valence-electron chi connectivity index (χ3n) is 8.36. The molecule has 1 aliphatic carbocycles. The molecule has 1 aromatic rings. The number of ether oxygens (including phenoxy) is 1. The van der Waals surface area contributed by atoms with E-state index in [2.05, 4.69) is 25.9 Å². The quantitative estimate of drug-likeness (QED) is 0.136. The highest BCUT2D eigenvalue weighted by molar-refractivity contribution is 5.94. The smallest absolute Gasteiger partial charge is 0.271 e. The standard InChI is InChI=1S/C29H46N10O5.2ClH/c1-19-17-37(12-13-44-19)20(2)26(41)36-23(14-25(40)35-15-21-4-3-10-38(18-21)29(30)31)28(43)39(22-5-6-22)11-9-34-27(42)24-16-32-7-8-33-24;;/h7-8,16,19-23H,3-6,9-15,17-18H2,1-2H3,(H3,30,31)(H,34,42)(H,35,40)(H,36,41);2*1H/t19?,20?,21-,23-;;/m0../s1. The third-order valence-corrected chi connectivity index (χ3v) is 8.36. The maximum absolute atomic E-state index is 13.9. The first-order chi connectivity index (χ1) is 21.1. The molecular weight excluding hydrogens is 639 g/mol. The fourth-order valence-corrected chi connectivity index (χ4v) is 5.68. The van der Waals surface area contributed by atoms with Crippen LogP contribution in [0.25, 0.3) is 0 Å². The van der Waals surface area contributed by atoms with Crippen molar-refractivity contribution in [3.8, 4) is 0 Å². The van der Waals surface area contributed by atoms with Crippen molar-refractivity contribution in [1.82, 2.24) is 40.6 Å². The van der Waals surface area contributed by atoms with Gasteiger partial charge in [-0.3, -0.25) is 34.5 Å². The van der Waals surface area contributed by atoms with E-state index in [1.54, 1.807) is 16.7 Å². The molecule has 1 aromatic heterocycles. The van der Waals surface area contributed by atoms with E-state index < -0.39 is 18.0 Å². The number of piperidine rings is 1.